The highest BCUT2D eigenvalue weighted by Gasteiger charge is 2.53. The van der Waals surface area contributed by atoms with Crippen molar-refractivity contribution in [1.82, 2.24) is 9.80 Å². The van der Waals surface area contributed by atoms with Crippen molar-refractivity contribution in [3.05, 3.63) is 35.9 Å². The molecule has 3 heterocycles. The van der Waals surface area contributed by atoms with Gasteiger partial charge in [0.25, 0.3) is 0 Å². The largest absolute Gasteiger partial charge is 0.459 e. The Morgan fingerprint density at radius 1 is 0.951 bits per heavy atom. The maximum atomic E-state index is 14.4. The summed E-state index contributed by atoms with van der Waals surface area (Å²) < 4.78 is 38.2. The molecule has 3 aliphatic rings. The SMILES string of the molecule is CC[C@H]1OC(=O)[C@H](C)[C@@H](O[C@H]2C[C@@](C)(OC)[C@@H](O)[C@H](C)O2)[C@H](C)[C@@H](O[C@@H]2O[C@H](C)C[C@H](N(C)C[C@H](C)Cc3ccccc3)[C@H]2O)[C@](C)(O)C[C@@H](C)CN(C)[C@H](C)[C@@H](O)[C@]1(C)O. The van der Waals surface area contributed by atoms with Crippen LogP contribution in [-0.2, 0) is 39.6 Å². The molecule has 1 aromatic rings. The smallest absolute Gasteiger partial charge is 0.311 e. The zero-order valence-corrected chi connectivity index (χ0v) is 39.6. The average molecular weight is 867 g/mol. The number of rotatable bonds is 11. The first kappa shape index (κ1) is 51.8. The third kappa shape index (κ3) is 12.5. The molecule has 61 heavy (non-hydrogen) atoms. The van der Waals surface area contributed by atoms with Gasteiger partial charge in [-0.05, 0) is 106 Å². The van der Waals surface area contributed by atoms with Crippen LogP contribution in [0.15, 0.2) is 30.3 Å². The van der Waals surface area contributed by atoms with Crippen molar-refractivity contribution in [3.8, 4) is 0 Å². The van der Waals surface area contributed by atoms with Gasteiger partial charge in [-0.15, -0.1) is 0 Å². The number of benzene rings is 1. The standard InChI is InChI=1S/C47H82N2O12/c1-15-36-47(11,55)40(51)32(7)48(12)26-28(3)23-45(9,54)42(30(5)39(31(6)43(53)59-36)60-37-24-46(10,56-14)41(52)33(8)58-37)61-44-38(50)35(22-29(4)57-44)49(13)25-27(2)21-34-19-17-16-18-20-34/h16-20,27-33,35-42,44,50-52,54-55H,15,21-26H2,1-14H3/t27-,28-,29-,30+,31-,32-,33+,35+,36-,37+,38-,39+,40-,41+,42-,44+,45-,46-,47-/m1/s1. The van der Waals surface area contributed by atoms with E-state index in [-0.39, 0.29) is 37.3 Å². The van der Waals surface area contributed by atoms with Gasteiger partial charge in [0.1, 0.15) is 30.0 Å². The Morgan fingerprint density at radius 3 is 2.20 bits per heavy atom. The van der Waals surface area contributed by atoms with E-state index in [1.807, 2.05) is 64.9 Å². The fourth-order valence-corrected chi connectivity index (χ4v) is 10.4. The fourth-order valence-electron chi connectivity index (χ4n) is 10.4. The summed E-state index contributed by atoms with van der Waals surface area (Å²) in [6, 6.07) is 9.48. The highest BCUT2D eigenvalue weighted by atomic mass is 16.7. The van der Waals surface area contributed by atoms with E-state index in [4.69, 9.17) is 28.4 Å². The average Bonchev–Trinajstić information content (AvgIpc) is 3.19. The molecule has 0 saturated carbocycles. The van der Waals surface area contributed by atoms with Crippen molar-refractivity contribution < 1.29 is 58.7 Å². The molecule has 19 atom stereocenters. The first-order valence-corrected chi connectivity index (χ1v) is 22.7. The quantitative estimate of drug-likeness (QED) is 0.200. The number of ether oxygens (including phenoxy) is 6. The number of carbonyl (C=O) groups is 1. The molecule has 3 fully saturated rings. The van der Waals surface area contributed by atoms with Crippen molar-refractivity contribution in [3.63, 3.8) is 0 Å². The van der Waals surface area contributed by atoms with Crippen LogP contribution < -0.4 is 0 Å². The second kappa shape index (κ2) is 21.5. The van der Waals surface area contributed by atoms with Gasteiger partial charge in [0.05, 0.1) is 41.5 Å². The minimum atomic E-state index is -1.81. The van der Waals surface area contributed by atoms with Crippen LogP contribution in [0.5, 0.6) is 0 Å². The summed E-state index contributed by atoms with van der Waals surface area (Å²) in [5.74, 6) is -2.35. The molecule has 0 unspecified atom stereocenters. The van der Waals surface area contributed by atoms with Crippen LogP contribution in [0.25, 0.3) is 0 Å². The summed E-state index contributed by atoms with van der Waals surface area (Å²) in [5, 5.41) is 59.3. The lowest BCUT2D eigenvalue weighted by Gasteiger charge is -2.49. The molecule has 1 aromatic carbocycles. The molecule has 3 saturated heterocycles. The number of hydrogen-bond donors (Lipinski definition) is 5. The molecule has 0 aromatic heterocycles. The van der Waals surface area contributed by atoms with Crippen molar-refractivity contribution >= 4 is 5.97 Å². The first-order chi connectivity index (χ1) is 28.4. The Hall–Kier alpha value is -1.79. The van der Waals surface area contributed by atoms with Crippen molar-refractivity contribution in [2.75, 3.05) is 34.3 Å². The van der Waals surface area contributed by atoms with Gasteiger partial charge in [-0.1, -0.05) is 58.0 Å². The van der Waals surface area contributed by atoms with Crippen molar-refractivity contribution in [1.29, 1.82) is 0 Å². The normalized spacial score (nSPS) is 44.5. The lowest BCUT2D eigenvalue weighted by Crippen LogP contribution is -2.61. The molecule has 5 N–H and O–H groups in total. The molecule has 0 radical (unpaired) electrons. The number of cyclic esters (lactones) is 1. The predicted octanol–water partition coefficient (Wildman–Crippen LogP) is 4.15. The Labute approximate surface area is 366 Å². The fraction of sp³-hybridized carbons (Fsp3) is 0.851. The van der Waals surface area contributed by atoms with E-state index in [9.17, 15) is 30.3 Å². The van der Waals surface area contributed by atoms with Gasteiger partial charge in [-0.2, -0.15) is 0 Å². The molecular weight excluding hydrogens is 785 g/mol. The third-order valence-corrected chi connectivity index (χ3v) is 14.1. The van der Waals surface area contributed by atoms with Gasteiger partial charge < -0.3 is 63.8 Å². The zero-order valence-electron chi connectivity index (χ0n) is 39.6. The van der Waals surface area contributed by atoms with Crippen LogP contribution >= 0.6 is 0 Å². The highest BCUT2D eigenvalue weighted by molar-refractivity contribution is 5.73. The monoisotopic (exact) mass is 867 g/mol. The second-order valence-electron chi connectivity index (χ2n) is 19.9. The van der Waals surface area contributed by atoms with Crippen LogP contribution in [0, 0.1) is 23.7 Å². The molecule has 0 spiro atoms. The minimum absolute atomic E-state index is 0.125. The van der Waals surface area contributed by atoms with E-state index in [1.165, 1.54) is 19.6 Å². The van der Waals surface area contributed by atoms with E-state index in [1.54, 1.807) is 34.6 Å². The Kier molecular flexibility index (Phi) is 18.2. The molecule has 14 nitrogen and oxygen atoms in total. The Bertz CT molecular complexity index is 1500. The summed E-state index contributed by atoms with van der Waals surface area (Å²) in [6.45, 7) is 21.1. The van der Waals surface area contributed by atoms with E-state index in [0.717, 1.165) is 13.0 Å². The van der Waals surface area contributed by atoms with Gasteiger partial charge in [-0.3, -0.25) is 4.79 Å². The van der Waals surface area contributed by atoms with Gasteiger partial charge in [0.15, 0.2) is 12.6 Å². The lowest BCUT2D eigenvalue weighted by atomic mass is 9.77. The molecule has 0 amide bonds. The van der Waals surface area contributed by atoms with Gasteiger partial charge >= 0.3 is 5.97 Å². The van der Waals surface area contributed by atoms with Gasteiger partial charge in [-0.25, -0.2) is 0 Å². The van der Waals surface area contributed by atoms with Crippen LogP contribution in [-0.4, -0.2) is 166 Å². The molecule has 4 rings (SSSR count). The summed E-state index contributed by atoms with van der Waals surface area (Å²) in [4.78, 5) is 18.5. The third-order valence-electron chi connectivity index (χ3n) is 14.1. The van der Waals surface area contributed by atoms with Gasteiger partial charge in [0, 0.05) is 44.6 Å². The number of hydrogen-bond acceptors (Lipinski definition) is 14. The van der Waals surface area contributed by atoms with E-state index >= 15 is 0 Å². The van der Waals surface area contributed by atoms with Crippen LogP contribution in [0.2, 0.25) is 0 Å². The molecule has 0 bridgehead atoms. The second-order valence-corrected chi connectivity index (χ2v) is 19.9. The number of nitrogens with zero attached hydrogens (tertiary/aromatic N) is 2. The summed E-state index contributed by atoms with van der Waals surface area (Å²) in [7, 11) is 5.38. The summed E-state index contributed by atoms with van der Waals surface area (Å²) >= 11 is 0. The zero-order chi connectivity index (χ0) is 45.8. The van der Waals surface area contributed by atoms with E-state index < -0.39 is 96.0 Å². The number of methoxy groups -OCH3 is 1. The molecular formula is C47H82N2O12. The molecule has 352 valence electrons. The number of likely N-dealkylation sites (N-methyl/N-ethyl adjacent to an activating group) is 2. The number of carbonyl (C=O) groups excluding carboxylic acids is 1. The summed E-state index contributed by atoms with van der Waals surface area (Å²) in [6.07, 6.45) is -7.57. The maximum Gasteiger partial charge on any atom is 0.311 e. The molecule has 0 aliphatic carbocycles. The van der Waals surface area contributed by atoms with E-state index in [2.05, 4.69) is 24.0 Å². The lowest BCUT2D eigenvalue weighted by molar-refractivity contribution is -0.318. The topological polar surface area (TPSA) is 180 Å². The van der Waals surface area contributed by atoms with Crippen LogP contribution in [0.4, 0.5) is 0 Å². The number of aliphatic hydroxyl groups excluding tert-OH is 3. The van der Waals surface area contributed by atoms with Gasteiger partial charge in [0.2, 0.25) is 0 Å². The van der Waals surface area contributed by atoms with Crippen molar-refractivity contribution in [2.24, 2.45) is 23.7 Å². The minimum Gasteiger partial charge on any atom is -0.459 e. The predicted molar refractivity (Wildman–Crippen MR) is 232 cm³/mol. The maximum absolute atomic E-state index is 14.4. The first-order valence-electron chi connectivity index (χ1n) is 22.7. The Balaban J connectivity index is 1.76. The number of esters is 1. The Morgan fingerprint density at radius 2 is 1.59 bits per heavy atom. The van der Waals surface area contributed by atoms with Crippen LogP contribution in [0.3, 0.4) is 0 Å². The van der Waals surface area contributed by atoms with Crippen LogP contribution in [0.1, 0.15) is 107 Å². The molecule has 3 aliphatic heterocycles. The van der Waals surface area contributed by atoms with E-state index in [0.29, 0.717) is 18.9 Å². The molecule has 14 heteroatoms. The summed E-state index contributed by atoms with van der Waals surface area (Å²) in [5.41, 5.74) is -3.18. The highest BCUT2D eigenvalue weighted by Crippen LogP contribution is 2.40. The van der Waals surface area contributed by atoms with Crippen molar-refractivity contribution in [2.45, 2.75) is 199 Å². The number of aliphatic hydroxyl groups is 5.